The van der Waals surface area contributed by atoms with E-state index in [-0.39, 0.29) is 18.5 Å². The summed E-state index contributed by atoms with van der Waals surface area (Å²) in [6.45, 7) is 6.76. The second kappa shape index (κ2) is 8.08. The van der Waals surface area contributed by atoms with E-state index >= 15 is 0 Å². The summed E-state index contributed by atoms with van der Waals surface area (Å²) >= 11 is 0. The van der Waals surface area contributed by atoms with E-state index in [1.807, 2.05) is 26.2 Å². The van der Waals surface area contributed by atoms with Crippen molar-refractivity contribution in [2.75, 3.05) is 30.9 Å². The number of ether oxygens (including phenoxy) is 1. The van der Waals surface area contributed by atoms with Gasteiger partial charge in [0.25, 0.3) is 0 Å². The minimum absolute atomic E-state index is 0.00768. The highest BCUT2D eigenvalue weighted by molar-refractivity contribution is 5.95. The number of nitrogens with zero attached hydrogens (tertiary/aromatic N) is 7. The van der Waals surface area contributed by atoms with E-state index in [0.717, 1.165) is 18.5 Å². The number of aromatic nitrogens is 6. The second-order valence-corrected chi connectivity index (χ2v) is 9.57. The lowest BCUT2D eigenvalue weighted by molar-refractivity contribution is 0.152. The normalized spacial score (nSPS) is 19.3. The summed E-state index contributed by atoms with van der Waals surface area (Å²) in [4.78, 5) is 11.5. The average molecular weight is 469 g/mol. The number of piperidine rings is 1. The lowest BCUT2D eigenvalue weighted by Gasteiger charge is -2.38. The fraction of sp³-hybridized carbons (Fsp3) is 0.478. The van der Waals surface area contributed by atoms with Crippen molar-refractivity contribution in [1.29, 1.82) is 0 Å². The van der Waals surface area contributed by atoms with Crippen molar-refractivity contribution in [2.24, 2.45) is 0 Å². The highest BCUT2D eigenvalue weighted by atomic mass is 19.1. The van der Waals surface area contributed by atoms with Crippen LogP contribution in [-0.2, 0) is 5.54 Å². The number of anilines is 2. The van der Waals surface area contributed by atoms with Crippen LogP contribution in [0.4, 0.5) is 16.0 Å². The van der Waals surface area contributed by atoms with Crippen molar-refractivity contribution in [1.82, 2.24) is 29.4 Å². The molecule has 0 spiro atoms. The van der Waals surface area contributed by atoms with Crippen LogP contribution < -0.4 is 15.4 Å². The molecule has 0 bridgehead atoms. The molecular formula is C23H29FN8O2. The molecule has 0 unspecified atom stereocenters. The summed E-state index contributed by atoms with van der Waals surface area (Å²) in [6.07, 6.45) is 5.66. The zero-order chi connectivity index (χ0) is 24.2. The van der Waals surface area contributed by atoms with Gasteiger partial charge in [-0.15, -0.1) is 5.10 Å². The molecule has 2 atom stereocenters. The van der Waals surface area contributed by atoms with Crippen molar-refractivity contribution < 1.29 is 14.2 Å². The summed E-state index contributed by atoms with van der Waals surface area (Å²) in [6, 6.07) is 2.97. The van der Waals surface area contributed by atoms with Gasteiger partial charge in [-0.05, 0) is 39.7 Å². The van der Waals surface area contributed by atoms with Crippen molar-refractivity contribution in [2.45, 2.75) is 51.1 Å². The number of hydrogen-bond acceptors (Lipinski definition) is 8. The molecule has 5 rings (SSSR count). The fourth-order valence-electron chi connectivity index (χ4n) is 4.56. The molecule has 34 heavy (non-hydrogen) atoms. The molecule has 4 heterocycles. The van der Waals surface area contributed by atoms with Crippen LogP contribution in [0.3, 0.4) is 0 Å². The van der Waals surface area contributed by atoms with Gasteiger partial charge in [0.15, 0.2) is 11.5 Å². The molecule has 3 aromatic heterocycles. The molecule has 0 radical (unpaired) electrons. The van der Waals surface area contributed by atoms with E-state index in [2.05, 4.69) is 27.0 Å². The molecule has 3 N–H and O–H groups in total. The van der Waals surface area contributed by atoms with E-state index in [9.17, 15) is 9.50 Å². The highest BCUT2D eigenvalue weighted by Gasteiger charge is 2.31. The molecule has 10 nitrogen and oxygen atoms in total. The molecule has 4 aromatic rings. The summed E-state index contributed by atoms with van der Waals surface area (Å²) < 4.78 is 22.8. The number of methoxy groups -OCH3 is 1. The maximum absolute atomic E-state index is 14.2. The molecule has 1 aliphatic heterocycles. The number of benzene rings is 1. The van der Waals surface area contributed by atoms with E-state index in [0.29, 0.717) is 40.7 Å². The van der Waals surface area contributed by atoms with E-state index in [1.165, 1.54) is 23.8 Å². The van der Waals surface area contributed by atoms with Gasteiger partial charge in [0.2, 0.25) is 5.95 Å². The van der Waals surface area contributed by atoms with Gasteiger partial charge in [0.1, 0.15) is 17.1 Å². The molecule has 0 aliphatic carbocycles. The lowest BCUT2D eigenvalue weighted by Crippen LogP contribution is -2.41. The van der Waals surface area contributed by atoms with Crippen LogP contribution in [0, 0.1) is 5.82 Å². The average Bonchev–Trinajstić information content (AvgIpc) is 3.48. The SMILES string of the molecule is COc1cc(F)cc2c1nc(N)n1nc([C@H]3CC[C@H](C)N(c4cnn(C(C)(C)CO)c4)C3)nc21. The van der Waals surface area contributed by atoms with Crippen LogP contribution in [0.15, 0.2) is 24.5 Å². The Morgan fingerprint density at radius 3 is 2.79 bits per heavy atom. The van der Waals surface area contributed by atoms with Crippen LogP contribution in [0.1, 0.15) is 45.4 Å². The molecule has 0 saturated carbocycles. The number of fused-ring (bicyclic) bond motifs is 3. The number of hydrogen-bond donors (Lipinski definition) is 2. The Balaban J connectivity index is 1.52. The molecule has 1 aliphatic rings. The van der Waals surface area contributed by atoms with Gasteiger partial charge in [-0.25, -0.2) is 14.4 Å². The summed E-state index contributed by atoms with van der Waals surface area (Å²) in [7, 11) is 1.47. The maximum atomic E-state index is 14.2. The number of nitrogens with two attached hydrogens (primary N) is 1. The number of aliphatic hydroxyl groups is 1. The minimum atomic E-state index is -0.484. The molecule has 1 fully saturated rings. The van der Waals surface area contributed by atoms with Gasteiger partial charge in [-0.1, -0.05) is 0 Å². The van der Waals surface area contributed by atoms with Gasteiger partial charge < -0.3 is 20.5 Å². The molecule has 180 valence electrons. The fourth-order valence-corrected chi connectivity index (χ4v) is 4.56. The Labute approximate surface area is 196 Å². The first-order valence-corrected chi connectivity index (χ1v) is 11.3. The molecule has 1 aromatic carbocycles. The molecule has 0 amide bonds. The van der Waals surface area contributed by atoms with Crippen LogP contribution in [0.25, 0.3) is 16.6 Å². The van der Waals surface area contributed by atoms with Crippen molar-refractivity contribution in [3.05, 3.63) is 36.2 Å². The third-order valence-electron chi connectivity index (χ3n) is 6.72. The van der Waals surface area contributed by atoms with Crippen LogP contribution in [0.2, 0.25) is 0 Å². The summed E-state index contributed by atoms with van der Waals surface area (Å²) in [5.74, 6) is 0.719. The summed E-state index contributed by atoms with van der Waals surface area (Å²) in [5, 5.41) is 19.3. The maximum Gasteiger partial charge on any atom is 0.223 e. The van der Waals surface area contributed by atoms with Crippen molar-refractivity contribution in [3.63, 3.8) is 0 Å². The van der Waals surface area contributed by atoms with Crippen LogP contribution in [-0.4, -0.2) is 60.8 Å². The van der Waals surface area contributed by atoms with E-state index in [1.54, 1.807) is 4.68 Å². The summed E-state index contributed by atoms with van der Waals surface area (Å²) in [5.41, 5.74) is 7.59. The van der Waals surface area contributed by atoms with Gasteiger partial charge in [0, 0.05) is 30.8 Å². The topological polar surface area (TPSA) is 120 Å². The van der Waals surface area contributed by atoms with Gasteiger partial charge in [0.05, 0.1) is 36.5 Å². The largest absolute Gasteiger partial charge is 0.494 e. The highest BCUT2D eigenvalue weighted by Crippen LogP contribution is 2.34. The predicted molar refractivity (Wildman–Crippen MR) is 127 cm³/mol. The third kappa shape index (κ3) is 3.60. The third-order valence-corrected chi connectivity index (χ3v) is 6.72. The Bertz CT molecular complexity index is 1360. The molecule has 1 saturated heterocycles. The zero-order valence-corrected chi connectivity index (χ0v) is 19.7. The Kier molecular flexibility index (Phi) is 5.31. The quantitative estimate of drug-likeness (QED) is 0.459. The number of rotatable bonds is 5. The first-order chi connectivity index (χ1) is 16.2. The number of nitrogen functional groups attached to an aromatic ring is 1. The van der Waals surface area contributed by atoms with Gasteiger partial charge in [-0.2, -0.15) is 9.61 Å². The Morgan fingerprint density at radius 1 is 1.26 bits per heavy atom. The Hall–Kier alpha value is -3.47. The predicted octanol–water partition coefficient (Wildman–Crippen LogP) is 2.70. The standard InChI is InChI=1S/C23H29FN8O2/c1-13-5-6-14(10-30(13)16-9-26-31(11-16)23(2,3)12-33)20-28-21-17-7-15(24)8-18(34-4)19(17)27-22(25)32(21)29-20/h7-9,11,13-14,33H,5-6,10,12H2,1-4H3,(H2,25,27)/t13-,14-/m0/s1. The number of halogens is 1. The van der Waals surface area contributed by atoms with Crippen molar-refractivity contribution >= 4 is 28.2 Å². The van der Waals surface area contributed by atoms with Crippen LogP contribution in [0.5, 0.6) is 5.75 Å². The lowest BCUT2D eigenvalue weighted by atomic mass is 9.92. The monoisotopic (exact) mass is 468 g/mol. The van der Waals surface area contributed by atoms with E-state index < -0.39 is 11.4 Å². The molecular weight excluding hydrogens is 439 g/mol. The van der Waals surface area contributed by atoms with Gasteiger partial charge in [-0.3, -0.25) is 4.68 Å². The first kappa shape index (κ1) is 22.3. The van der Waals surface area contributed by atoms with E-state index in [4.69, 9.17) is 15.5 Å². The smallest absolute Gasteiger partial charge is 0.223 e. The van der Waals surface area contributed by atoms with Crippen LogP contribution >= 0.6 is 0 Å². The zero-order valence-electron chi connectivity index (χ0n) is 19.7. The number of aliphatic hydroxyl groups excluding tert-OH is 1. The van der Waals surface area contributed by atoms with Gasteiger partial charge >= 0.3 is 0 Å². The Morgan fingerprint density at radius 2 is 2.06 bits per heavy atom. The first-order valence-electron chi connectivity index (χ1n) is 11.3. The molecule has 11 heteroatoms. The second-order valence-electron chi connectivity index (χ2n) is 9.57. The minimum Gasteiger partial charge on any atom is -0.494 e. The van der Waals surface area contributed by atoms with Crippen molar-refractivity contribution in [3.8, 4) is 5.75 Å².